The van der Waals surface area contributed by atoms with E-state index >= 15 is 0 Å². The van der Waals surface area contributed by atoms with Gasteiger partial charge in [-0.25, -0.2) is 9.59 Å². The molecule has 1 heterocycles. The van der Waals surface area contributed by atoms with Crippen LogP contribution in [0.1, 0.15) is 158 Å². The normalized spacial score (nSPS) is 26.7. The number of hydrogen-bond acceptors (Lipinski definition) is 10. The second-order valence-corrected chi connectivity index (χ2v) is 16.5. The number of rotatable bonds is 16. The lowest BCUT2D eigenvalue weighted by atomic mass is 10.0. The summed E-state index contributed by atoms with van der Waals surface area (Å²) in [4.78, 5) is 116. The zero-order valence-electron chi connectivity index (χ0n) is 38.8. The van der Waals surface area contributed by atoms with E-state index < -0.39 is 95.8 Å². The Morgan fingerprint density at radius 3 is 0.950 bits per heavy atom. The zero-order valence-corrected chi connectivity index (χ0v) is 38.8. The van der Waals surface area contributed by atoms with Gasteiger partial charge in [-0.05, 0) is 66.2 Å². The first-order valence-corrected chi connectivity index (χ1v) is 22.4. The number of carbonyl (C=O) groups excluding carboxylic acids is 8. The molecule has 0 spiro atoms. The number of esters is 2. The van der Waals surface area contributed by atoms with Crippen LogP contribution in [0.15, 0.2) is 0 Å². The van der Waals surface area contributed by atoms with E-state index in [2.05, 4.69) is 10.6 Å². The summed E-state index contributed by atoms with van der Waals surface area (Å²) in [5.74, 6) is -5.25. The highest BCUT2D eigenvalue weighted by Gasteiger charge is 2.39. The van der Waals surface area contributed by atoms with Gasteiger partial charge in [-0.2, -0.15) is 0 Å². The molecule has 0 unspecified atom stereocenters. The summed E-state index contributed by atoms with van der Waals surface area (Å²) >= 11 is 0. The molecule has 0 aromatic rings. The fraction of sp³-hybridized carbons (Fsp3) is 0.818. The zero-order chi connectivity index (χ0) is 45.7. The minimum Gasteiger partial charge on any atom is -0.451 e. The molecule has 0 aromatic carbocycles. The van der Waals surface area contributed by atoms with Crippen LogP contribution in [0.3, 0.4) is 0 Å². The molecule has 6 amide bonds. The number of nitrogens with one attached hydrogen (secondary N) is 2. The SMILES string of the molecule is CCCCC[C@@H]1NC(=O)[C@@H](C)N(C)C(=O)[C@H](CCCCC)OC(=O)[C@@H](C)N(C)C(=O)[C@H](CCCCC)NC(=O)[C@@H](C)N(C)C(=O)[C@H](CCCCC)OC(=O)[C@@H](C)N(C)C1=O. The minimum atomic E-state index is -1.26. The van der Waals surface area contributed by atoms with Crippen molar-refractivity contribution in [1.29, 1.82) is 0 Å². The van der Waals surface area contributed by atoms with Gasteiger partial charge in [-0.3, -0.25) is 28.8 Å². The molecular weight excluding hydrogens is 773 g/mol. The molecule has 1 aliphatic heterocycles. The van der Waals surface area contributed by atoms with Crippen molar-refractivity contribution in [3.8, 4) is 0 Å². The molecule has 1 saturated heterocycles. The van der Waals surface area contributed by atoms with Gasteiger partial charge in [-0.15, -0.1) is 0 Å². The van der Waals surface area contributed by atoms with Crippen molar-refractivity contribution in [2.24, 2.45) is 0 Å². The summed E-state index contributed by atoms with van der Waals surface area (Å²) in [5, 5.41) is 5.59. The molecule has 1 aliphatic rings. The standard InChI is InChI=1S/C44H78N6O10/c1-13-17-21-25-33-39(53)49(11)31(7)43(57)59-36(28-24-20-16-4)42(56)48(10)30(6)38(52)46-34(26-22-18-14-2)40(54)50(12)32(8)44(58)60-35(27-23-19-15-3)41(55)47(9)29(5)37(51)45-33/h29-36H,13-28H2,1-12H3,(H,45,51)(H,46,52)/t29-,30-,31-,32-,33+,34+,35+,36+/m1/s1. The molecule has 0 radical (unpaired) electrons. The molecule has 2 N–H and O–H groups in total. The molecule has 1 fully saturated rings. The highest BCUT2D eigenvalue weighted by atomic mass is 16.6. The topological polar surface area (TPSA) is 192 Å². The van der Waals surface area contributed by atoms with E-state index in [4.69, 9.17) is 9.47 Å². The van der Waals surface area contributed by atoms with Crippen LogP contribution in [-0.2, 0) is 47.8 Å². The smallest absolute Gasteiger partial charge is 0.329 e. The second-order valence-electron chi connectivity index (χ2n) is 16.5. The summed E-state index contributed by atoms with van der Waals surface area (Å²) in [6.45, 7) is 14.0. The Hall–Kier alpha value is -4.24. The van der Waals surface area contributed by atoms with Gasteiger partial charge in [0, 0.05) is 28.2 Å². The number of ether oxygens (including phenoxy) is 2. The van der Waals surface area contributed by atoms with E-state index in [9.17, 15) is 38.4 Å². The number of cyclic esters (lactones) is 2. The number of carbonyl (C=O) groups is 8. The summed E-state index contributed by atoms with van der Waals surface area (Å²) < 4.78 is 11.6. The largest absolute Gasteiger partial charge is 0.451 e. The lowest BCUT2D eigenvalue weighted by Crippen LogP contribution is -2.58. The first-order chi connectivity index (χ1) is 28.3. The molecule has 0 bridgehead atoms. The summed E-state index contributed by atoms with van der Waals surface area (Å²) in [7, 11) is 5.70. The van der Waals surface area contributed by atoms with Crippen LogP contribution >= 0.6 is 0 Å². The average molecular weight is 851 g/mol. The van der Waals surface area contributed by atoms with Crippen LogP contribution in [0.2, 0.25) is 0 Å². The number of hydrogen-bond donors (Lipinski definition) is 2. The van der Waals surface area contributed by atoms with Gasteiger partial charge >= 0.3 is 11.9 Å². The average Bonchev–Trinajstić information content (AvgIpc) is 3.23. The lowest BCUT2D eigenvalue weighted by molar-refractivity contribution is -0.167. The molecular formula is C44H78N6O10. The highest BCUT2D eigenvalue weighted by molar-refractivity contribution is 5.96. The van der Waals surface area contributed by atoms with Crippen molar-refractivity contribution in [2.75, 3.05) is 28.2 Å². The fourth-order valence-electron chi connectivity index (χ4n) is 6.78. The van der Waals surface area contributed by atoms with E-state index in [0.29, 0.717) is 25.7 Å². The molecule has 1 rings (SSSR count). The van der Waals surface area contributed by atoms with Crippen molar-refractivity contribution in [2.45, 2.75) is 207 Å². The number of amides is 6. The van der Waals surface area contributed by atoms with E-state index in [1.807, 2.05) is 27.7 Å². The monoisotopic (exact) mass is 851 g/mol. The van der Waals surface area contributed by atoms with Gasteiger partial charge in [0.2, 0.25) is 23.6 Å². The third-order valence-corrected chi connectivity index (χ3v) is 11.8. The van der Waals surface area contributed by atoms with Crippen molar-refractivity contribution in [1.82, 2.24) is 30.2 Å². The molecule has 60 heavy (non-hydrogen) atoms. The summed E-state index contributed by atoms with van der Waals surface area (Å²) in [5.41, 5.74) is 0. The van der Waals surface area contributed by atoms with Crippen molar-refractivity contribution >= 4 is 47.4 Å². The summed E-state index contributed by atoms with van der Waals surface area (Å²) in [6, 6.07) is -6.59. The Kier molecular flexibility index (Phi) is 24.7. The van der Waals surface area contributed by atoms with E-state index in [1.54, 1.807) is 0 Å². The minimum absolute atomic E-state index is 0.178. The third-order valence-electron chi connectivity index (χ3n) is 11.8. The number of nitrogens with zero attached hydrogens (tertiary/aromatic N) is 4. The van der Waals surface area contributed by atoms with Gasteiger partial charge in [-0.1, -0.05) is 91.9 Å². The Morgan fingerprint density at radius 1 is 0.400 bits per heavy atom. The predicted molar refractivity (Wildman–Crippen MR) is 229 cm³/mol. The quantitative estimate of drug-likeness (QED) is 0.165. The molecule has 8 atom stereocenters. The van der Waals surface area contributed by atoms with Crippen LogP contribution in [0, 0.1) is 0 Å². The van der Waals surface area contributed by atoms with Crippen molar-refractivity contribution in [3.63, 3.8) is 0 Å². The summed E-state index contributed by atoms with van der Waals surface area (Å²) in [6.07, 6.45) is 7.11. The van der Waals surface area contributed by atoms with Crippen LogP contribution in [0.5, 0.6) is 0 Å². The van der Waals surface area contributed by atoms with Crippen LogP contribution < -0.4 is 10.6 Å². The van der Waals surface area contributed by atoms with Gasteiger partial charge in [0.05, 0.1) is 0 Å². The first-order valence-electron chi connectivity index (χ1n) is 22.4. The number of likely N-dealkylation sites (N-methyl/N-ethyl adjacent to an activating group) is 4. The van der Waals surface area contributed by atoms with Gasteiger partial charge in [0.1, 0.15) is 36.3 Å². The molecule has 0 saturated carbocycles. The molecule has 16 nitrogen and oxygen atoms in total. The molecule has 344 valence electrons. The maximum absolute atomic E-state index is 14.0. The van der Waals surface area contributed by atoms with Crippen LogP contribution in [0.4, 0.5) is 0 Å². The van der Waals surface area contributed by atoms with Crippen molar-refractivity contribution in [3.05, 3.63) is 0 Å². The molecule has 0 aliphatic carbocycles. The fourth-order valence-corrected chi connectivity index (χ4v) is 6.78. The van der Waals surface area contributed by atoms with Crippen LogP contribution in [0.25, 0.3) is 0 Å². The van der Waals surface area contributed by atoms with Crippen LogP contribution in [-0.4, -0.2) is 144 Å². The molecule has 16 heteroatoms. The predicted octanol–water partition coefficient (Wildman–Crippen LogP) is 4.50. The first kappa shape index (κ1) is 53.8. The number of unbranched alkanes of at least 4 members (excludes halogenated alkanes) is 8. The highest BCUT2D eigenvalue weighted by Crippen LogP contribution is 2.19. The Balaban J connectivity index is 3.81. The van der Waals surface area contributed by atoms with Crippen molar-refractivity contribution < 1.29 is 47.8 Å². The molecule has 0 aromatic heterocycles. The lowest BCUT2D eigenvalue weighted by Gasteiger charge is -2.34. The van der Waals surface area contributed by atoms with Gasteiger partial charge < -0.3 is 39.7 Å². The van der Waals surface area contributed by atoms with Gasteiger partial charge in [0.15, 0.2) is 12.2 Å². The van der Waals surface area contributed by atoms with E-state index in [1.165, 1.54) is 75.5 Å². The maximum Gasteiger partial charge on any atom is 0.329 e. The van der Waals surface area contributed by atoms with Gasteiger partial charge in [0.25, 0.3) is 11.8 Å². The Labute approximate surface area is 359 Å². The van der Waals surface area contributed by atoms with E-state index in [0.717, 1.165) is 51.4 Å². The third kappa shape index (κ3) is 16.3. The Morgan fingerprint density at radius 2 is 0.667 bits per heavy atom. The maximum atomic E-state index is 14.0. The Bertz CT molecular complexity index is 1220. The second kappa shape index (κ2) is 27.6. The van der Waals surface area contributed by atoms with E-state index in [-0.39, 0.29) is 25.7 Å².